The number of pyridine rings is 1. The molecule has 0 radical (unpaired) electrons. The van der Waals surface area contributed by atoms with Crippen LogP contribution in [0.15, 0.2) is 73.2 Å². The minimum absolute atomic E-state index is 0.120. The number of anilines is 2. The topological polar surface area (TPSA) is 98.9 Å². The fourth-order valence-electron chi connectivity index (χ4n) is 5.08. The molecule has 1 unspecified atom stereocenters. The van der Waals surface area contributed by atoms with Crippen molar-refractivity contribution in [3.8, 4) is 0 Å². The van der Waals surface area contributed by atoms with Crippen molar-refractivity contribution in [1.82, 2.24) is 29.6 Å². The van der Waals surface area contributed by atoms with Gasteiger partial charge in [-0.15, -0.1) is 0 Å². The van der Waals surface area contributed by atoms with Gasteiger partial charge in [-0.1, -0.05) is 12.1 Å². The largest absolute Gasteiger partial charge is 0.356 e. The molecule has 2 aromatic carbocycles. The fourth-order valence-corrected chi connectivity index (χ4v) is 5.08. The molecule has 1 aliphatic rings. The van der Waals surface area contributed by atoms with Gasteiger partial charge in [0.2, 0.25) is 0 Å². The molecule has 4 heterocycles. The number of amides is 1. The van der Waals surface area contributed by atoms with E-state index in [2.05, 4.69) is 39.7 Å². The normalized spacial score (nSPS) is 15.4. The second-order valence-electron chi connectivity index (χ2n) is 10.3. The van der Waals surface area contributed by atoms with Gasteiger partial charge in [-0.2, -0.15) is 5.10 Å². The maximum Gasteiger partial charge on any atom is 0.253 e. The molecule has 6 rings (SSSR count). The molecule has 0 saturated carbocycles. The standard InChI is InChI=1S/C32H33N7O2/c1-22-14-15-33-23(19-22)11-13-28-25-12-10-24(20-29(25)39(37-28)31-9-5-6-18-41-31)36-27-8-4-3-7-26(27)32(40)35-21-30-34-16-17-38(30)2/h3-4,7-8,10-17,19-20,31,36H,5-6,9,18,21H2,1-2H3,(H,35,40)/b13-11+. The zero-order chi connectivity index (χ0) is 28.2. The first kappa shape index (κ1) is 26.5. The third kappa shape index (κ3) is 5.90. The van der Waals surface area contributed by atoms with E-state index in [4.69, 9.17) is 9.84 Å². The monoisotopic (exact) mass is 547 g/mol. The number of ether oxygens (including phenoxy) is 1. The van der Waals surface area contributed by atoms with Gasteiger partial charge in [0, 0.05) is 43.3 Å². The number of carbonyl (C=O) groups is 1. The Morgan fingerprint density at radius 2 is 1.98 bits per heavy atom. The maximum atomic E-state index is 13.1. The van der Waals surface area contributed by atoms with E-state index in [9.17, 15) is 4.79 Å². The lowest BCUT2D eigenvalue weighted by Gasteiger charge is -2.23. The van der Waals surface area contributed by atoms with Gasteiger partial charge in [-0.05, 0) is 86.4 Å². The summed E-state index contributed by atoms with van der Waals surface area (Å²) in [6.07, 6.45) is 12.4. The van der Waals surface area contributed by atoms with E-state index in [0.717, 1.165) is 70.9 Å². The van der Waals surface area contributed by atoms with E-state index < -0.39 is 0 Å². The van der Waals surface area contributed by atoms with E-state index in [1.165, 1.54) is 0 Å². The first-order valence-electron chi connectivity index (χ1n) is 13.9. The molecular weight excluding hydrogens is 514 g/mol. The van der Waals surface area contributed by atoms with Gasteiger partial charge in [0.05, 0.1) is 34.7 Å². The summed E-state index contributed by atoms with van der Waals surface area (Å²) < 4.78 is 10.0. The van der Waals surface area contributed by atoms with Crippen molar-refractivity contribution in [3.63, 3.8) is 0 Å². The summed E-state index contributed by atoms with van der Waals surface area (Å²) in [7, 11) is 1.91. The minimum Gasteiger partial charge on any atom is -0.356 e. The third-order valence-electron chi connectivity index (χ3n) is 7.29. The summed E-state index contributed by atoms with van der Waals surface area (Å²) in [5, 5.41) is 12.4. The molecule has 1 amide bonds. The molecular formula is C32H33N7O2. The number of benzene rings is 2. The molecule has 9 heteroatoms. The quantitative estimate of drug-likeness (QED) is 0.247. The minimum atomic E-state index is -0.171. The highest BCUT2D eigenvalue weighted by Gasteiger charge is 2.21. The zero-order valence-corrected chi connectivity index (χ0v) is 23.2. The molecule has 5 aromatic rings. The summed E-state index contributed by atoms with van der Waals surface area (Å²) in [5.41, 5.74) is 6.00. The lowest BCUT2D eigenvalue weighted by atomic mass is 10.1. The molecule has 0 aliphatic carbocycles. The highest BCUT2D eigenvalue weighted by atomic mass is 16.5. The van der Waals surface area contributed by atoms with Crippen LogP contribution in [0.5, 0.6) is 0 Å². The number of rotatable bonds is 8. The average Bonchev–Trinajstić information content (AvgIpc) is 3.58. The van der Waals surface area contributed by atoms with Crippen molar-refractivity contribution in [2.75, 3.05) is 11.9 Å². The van der Waals surface area contributed by atoms with Crippen molar-refractivity contribution in [2.45, 2.75) is 39.0 Å². The van der Waals surface area contributed by atoms with E-state index in [1.54, 1.807) is 6.20 Å². The van der Waals surface area contributed by atoms with Gasteiger partial charge in [0.25, 0.3) is 5.91 Å². The van der Waals surface area contributed by atoms with Crippen molar-refractivity contribution in [1.29, 1.82) is 0 Å². The molecule has 0 spiro atoms. The molecule has 1 saturated heterocycles. The molecule has 1 atom stereocenters. The van der Waals surface area contributed by atoms with Crippen molar-refractivity contribution in [3.05, 3.63) is 102 Å². The van der Waals surface area contributed by atoms with Crippen molar-refractivity contribution < 1.29 is 9.53 Å². The highest BCUT2D eigenvalue weighted by Crippen LogP contribution is 2.32. The lowest BCUT2D eigenvalue weighted by Crippen LogP contribution is -2.25. The molecule has 3 aromatic heterocycles. The number of aromatic nitrogens is 5. The summed E-state index contributed by atoms with van der Waals surface area (Å²) in [5.74, 6) is 0.616. The van der Waals surface area contributed by atoms with Crippen LogP contribution in [0.1, 0.15) is 58.6 Å². The first-order chi connectivity index (χ1) is 20.0. The van der Waals surface area contributed by atoms with Gasteiger partial charge >= 0.3 is 0 Å². The average molecular weight is 548 g/mol. The van der Waals surface area contributed by atoms with E-state index in [0.29, 0.717) is 12.1 Å². The Morgan fingerprint density at radius 1 is 1.07 bits per heavy atom. The molecule has 1 aliphatic heterocycles. The van der Waals surface area contributed by atoms with Crippen LogP contribution in [0.25, 0.3) is 23.1 Å². The number of fused-ring (bicyclic) bond motifs is 1. The Hall–Kier alpha value is -4.76. The number of hydrogen-bond donors (Lipinski definition) is 2. The molecule has 2 N–H and O–H groups in total. The number of carbonyl (C=O) groups excluding carboxylic acids is 1. The van der Waals surface area contributed by atoms with Crippen LogP contribution in [-0.2, 0) is 18.3 Å². The zero-order valence-electron chi connectivity index (χ0n) is 23.2. The third-order valence-corrected chi connectivity index (χ3v) is 7.29. The molecule has 208 valence electrons. The molecule has 1 fully saturated rings. The van der Waals surface area contributed by atoms with Crippen molar-refractivity contribution in [2.24, 2.45) is 7.05 Å². The molecule has 0 bridgehead atoms. The Balaban J connectivity index is 1.30. The van der Waals surface area contributed by atoms with Crippen LogP contribution < -0.4 is 10.6 Å². The summed E-state index contributed by atoms with van der Waals surface area (Å²) in [6, 6.07) is 17.7. The number of aryl methyl sites for hydroxylation is 2. The summed E-state index contributed by atoms with van der Waals surface area (Å²) in [6.45, 7) is 3.13. The van der Waals surface area contributed by atoms with Crippen LogP contribution in [0.2, 0.25) is 0 Å². The highest BCUT2D eigenvalue weighted by molar-refractivity contribution is 6.00. The van der Waals surface area contributed by atoms with Crippen LogP contribution in [0, 0.1) is 6.92 Å². The smallest absolute Gasteiger partial charge is 0.253 e. The Morgan fingerprint density at radius 3 is 2.78 bits per heavy atom. The number of nitrogens with zero attached hydrogens (tertiary/aromatic N) is 5. The first-order valence-corrected chi connectivity index (χ1v) is 13.9. The van der Waals surface area contributed by atoms with Gasteiger partial charge in [0.15, 0.2) is 6.23 Å². The fraction of sp³-hybridized carbons (Fsp3) is 0.250. The Bertz CT molecular complexity index is 1710. The lowest BCUT2D eigenvalue weighted by molar-refractivity contribution is -0.0367. The van der Waals surface area contributed by atoms with Crippen molar-refractivity contribution >= 4 is 40.3 Å². The Kier molecular flexibility index (Phi) is 7.60. The Labute approximate surface area is 238 Å². The van der Waals surface area contributed by atoms with Gasteiger partial charge in [0.1, 0.15) is 5.82 Å². The second kappa shape index (κ2) is 11.8. The summed E-state index contributed by atoms with van der Waals surface area (Å²) >= 11 is 0. The van der Waals surface area contributed by atoms with Crippen LogP contribution in [0.3, 0.4) is 0 Å². The van der Waals surface area contributed by atoms with Crippen LogP contribution in [-0.4, -0.2) is 36.8 Å². The number of para-hydroxylation sites is 1. The maximum absolute atomic E-state index is 13.1. The number of hydrogen-bond acceptors (Lipinski definition) is 6. The van der Waals surface area contributed by atoms with Gasteiger partial charge < -0.3 is 19.9 Å². The predicted molar refractivity (Wildman–Crippen MR) is 161 cm³/mol. The van der Waals surface area contributed by atoms with E-state index in [1.807, 2.05) is 83.3 Å². The predicted octanol–water partition coefficient (Wildman–Crippen LogP) is 6.02. The van der Waals surface area contributed by atoms with Crippen LogP contribution in [0.4, 0.5) is 11.4 Å². The van der Waals surface area contributed by atoms with E-state index in [-0.39, 0.29) is 12.1 Å². The SMILES string of the molecule is Cc1ccnc(/C=C/c2nn(C3CCCCO3)c3cc(Nc4ccccc4C(=O)NCc4nccn4C)ccc23)c1. The second-order valence-corrected chi connectivity index (χ2v) is 10.3. The molecule has 9 nitrogen and oxygen atoms in total. The molecule has 41 heavy (non-hydrogen) atoms. The van der Waals surface area contributed by atoms with Gasteiger partial charge in [-0.3, -0.25) is 9.78 Å². The number of imidazole rings is 1. The summed E-state index contributed by atoms with van der Waals surface area (Å²) in [4.78, 5) is 21.9. The van der Waals surface area contributed by atoms with Gasteiger partial charge in [-0.25, -0.2) is 9.67 Å². The van der Waals surface area contributed by atoms with E-state index >= 15 is 0 Å². The number of nitrogens with one attached hydrogen (secondary N) is 2. The van der Waals surface area contributed by atoms with Crippen LogP contribution >= 0.6 is 0 Å².